The van der Waals surface area contributed by atoms with Gasteiger partial charge in [-0.2, -0.15) is 0 Å². The molecule has 0 radical (unpaired) electrons. The van der Waals surface area contributed by atoms with E-state index in [4.69, 9.17) is 19.6 Å². The van der Waals surface area contributed by atoms with Gasteiger partial charge in [-0.05, 0) is 48.2 Å². The van der Waals surface area contributed by atoms with Gasteiger partial charge < -0.3 is 4.65 Å². The van der Waals surface area contributed by atoms with E-state index in [9.17, 15) is 0 Å². The van der Waals surface area contributed by atoms with E-state index in [-0.39, 0.29) is 17.9 Å². The summed E-state index contributed by atoms with van der Waals surface area (Å²) in [5, 5.41) is 0. The van der Waals surface area contributed by atoms with Crippen LogP contribution in [0.5, 0.6) is 0 Å². The van der Waals surface area contributed by atoms with Gasteiger partial charge in [-0.1, -0.05) is 117 Å². The highest BCUT2D eigenvalue weighted by Gasteiger charge is 2.49. The monoisotopic (exact) mass is 509 g/mol. The van der Waals surface area contributed by atoms with Crippen molar-refractivity contribution in [1.82, 2.24) is 15.0 Å². The van der Waals surface area contributed by atoms with Gasteiger partial charge in [0.05, 0.1) is 5.60 Å². The first-order valence-corrected chi connectivity index (χ1v) is 13.5. The molecule has 0 bridgehead atoms. The Morgan fingerprint density at radius 3 is 1.54 bits per heavy atom. The Balaban J connectivity index is 1.39. The summed E-state index contributed by atoms with van der Waals surface area (Å²) in [4.78, 5) is 14.6. The van der Waals surface area contributed by atoms with E-state index in [1.807, 2.05) is 60.7 Å². The van der Waals surface area contributed by atoms with Crippen molar-refractivity contribution in [2.24, 2.45) is 5.41 Å². The van der Waals surface area contributed by atoms with Crippen LogP contribution in [0.3, 0.4) is 0 Å². The average Bonchev–Trinajstić information content (AvgIpc) is 3.20. The third-order valence-corrected chi connectivity index (χ3v) is 8.17. The Hall–Kier alpha value is -4.09. The van der Waals surface area contributed by atoms with Crippen LogP contribution < -0.4 is 5.46 Å². The Labute approximate surface area is 231 Å². The summed E-state index contributed by atoms with van der Waals surface area (Å²) in [5.41, 5.74) is 6.31. The highest BCUT2D eigenvalue weighted by molar-refractivity contribution is 6.68. The molecular formula is C34H32BN3O. The zero-order chi connectivity index (χ0) is 27.0. The largest absolute Gasteiger partial charge is 0.426 e. The molecule has 1 aliphatic rings. The quantitative estimate of drug-likeness (QED) is 0.229. The van der Waals surface area contributed by atoms with Crippen molar-refractivity contribution in [3.8, 4) is 45.3 Å². The van der Waals surface area contributed by atoms with Crippen LogP contribution in [0, 0.1) is 5.41 Å². The van der Waals surface area contributed by atoms with Crippen molar-refractivity contribution in [1.29, 1.82) is 0 Å². The summed E-state index contributed by atoms with van der Waals surface area (Å²) in [6.07, 6.45) is 0.999. The van der Waals surface area contributed by atoms with Crippen molar-refractivity contribution in [3.05, 3.63) is 109 Å². The van der Waals surface area contributed by atoms with E-state index in [0.717, 1.165) is 34.1 Å². The minimum Gasteiger partial charge on any atom is -0.426 e. The van der Waals surface area contributed by atoms with Crippen molar-refractivity contribution in [2.75, 3.05) is 0 Å². The summed E-state index contributed by atoms with van der Waals surface area (Å²) in [6.45, 7) is 9.07. The minimum atomic E-state index is -0.167. The van der Waals surface area contributed by atoms with E-state index in [1.165, 1.54) is 5.46 Å². The van der Waals surface area contributed by atoms with E-state index < -0.39 is 0 Å². The minimum absolute atomic E-state index is 0.0866. The van der Waals surface area contributed by atoms with Gasteiger partial charge in [0.1, 0.15) is 0 Å². The zero-order valence-corrected chi connectivity index (χ0v) is 22.9. The second-order valence-electron chi connectivity index (χ2n) is 11.4. The highest BCUT2D eigenvalue weighted by atomic mass is 16.5. The van der Waals surface area contributed by atoms with Gasteiger partial charge in [0.25, 0.3) is 0 Å². The fourth-order valence-electron chi connectivity index (χ4n) is 5.15. The molecule has 5 aromatic rings. The Morgan fingerprint density at radius 2 is 1.00 bits per heavy atom. The van der Waals surface area contributed by atoms with Crippen molar-refractivity contribution in [2.45, 2.75) is 39.6 Å². The second-order valence-corrected chi connectivity index (χ2v) is 11.4. The molecule has 1 saturated heterocycles. The van der Waals surface area contributed by atoms with Gasteiger partial charge in [-0.25, -0.2) is 15.0 Å². The lowest BCUT2D eigenvalue weighted by Crippen LogP contribution is -2.36. The molecule has 2 heterocycles. The lowest BCUT2D eigenvalue weighted by atomic mass is 9.54. The van der Waals surface area contributed by atoms with Crippen LogP contribution in [0.2, 0.25) is 6.32 Å². The van der Waals surface area contributed by atoms with Crippen LogP contribution in [-0.2, 0) is 4.65 Å². The molecule has 0 aliphatic carbocycles. The number of benzene rings is 4. The van der Waals surface area contributed by atoms with Crippen molar-refractivity contribution < 1.29 is 4.65 Å². The molecule has 0 N–H and O–H groups in total. The number of rotatable bonds is 5. The molecule has 4 nitrogen and oxygen atoms in total. The molecule has 192 valence electrons. The van der Waals surface area contributed by atoms with Gasteiger partial charge in [0, 0.05) is 16.7 Å². The number of hydrogen-bond donors (Lipinski definition) is 0. The molecule has 0 unspecified atom stereocenters. The van der Waals surface area contributed by atoms with Gasteiger partial charge >= 0.3 is 6.92 Å². The fourth-order valence-corrected chi connectivity index (χ4v) is 5.15. The summed E-state index contributed by atoms with van der Waals surface area (Å²) in [7, 11) is 0. The molecule has 0 saturated carbocycles. The SMILES string of the molecule is CC1(C)CB(c2cccc(-c3cccc(-c4nc(-c5ccccc5)nc(-c5ccccc5)n4)c3)c2)OC1(C)C. The number of hydrogen-bond acceptors (Lipinski definition) is 4. The zero-order valence-electron chi connectivity index (χ0n) is 22.9. The van der Waals surface area contributed by atoms with Gasteiger partial charge in [0.15, 0.2) is 17.5 Å². The number of aromatic nitrogens is 3. The topological polar surface area (TPSA) is 47.9 Å². The summed E-state index contributed by atoms with van der Waals surface area (Å²) < 4.78 is 6.52. The highest BCUT2D eigenvalue weighted by Crippen LogP contribution is 2.45. The molecule has 4 aromatic carbocycles. The van der Waals surface area contributed by atoms with Crippen LogP contribution in [0.1, 0.15) is 27.7 Å². The van der Waals surface area contributed by atoms with Crippen LogP contribution in [-0.4, -0.2) is 27.5 Å². The maximum Gasteiger partial charge on any atom is 0.327 e. The lowest BCUT2D eigenvalue weighted by Gasteiger charge is -2.34. The summed E-state index contributed by atoms with van der Waals surface area (Å²) >= 11 is 0. The van der Waals surface area contributed by atoms with E-state index in [1.54, 1.807) is 0 Å². The molecule has 0 atom stereocenters. The lowest BCUT2D eigenvalue weighted by molar-refractivity contribution is 0.0375. The summed E-state index contributed by atoms with van der Waals surface area (Å²) in [6, 6.07) is 37.3. The Kier molecular flexibility index (Phi) is 6.40. The summed E-state index contributed by atoms with van der Waals surface area (Å²) in [5.74, 6) is 1.98. The molecule has 0 amide bonds. The first-order chi connectivity index (χ1) is 18.8. The molecular weight excluding hydrogens is 477 g/mol. The van der Waals surface area contributed by atoms with Gasteiger partial charge in [0.2, 0.25) is 0 Å². The molecule has 1 aromatic heterocycles. The Morgan fingerprint density at radius 1 is 0.538 bits per heavy atom. The molecule has 1 fully saturated rings. The third-order valence-electron chi connectivity index (χ3n) is 8.17. The van der Waals surface area contributed by atoms with E-state index >= 15 is 0 Å². The van der Waals surface area contributed by atoms with E-state index in [2.05, 4.69) is 76.2 Å². The molecule has 5 heteroatoms. The smallest absolute Gasteiger partial charge is 0.327 e. The van der Waals surface area contributed by atoms with Crippen LogP contribution >= 0.6 is 0 Å². The molecule has 0 spiro atoms. The standard InChI is InChI=1S/C34H32BN3O/c1-33(2)23-35(39-34(33,3)4)29-20-12-18-27(22-29)26-17-11-19-28(21-26)32-37-30(24-13-7-5-8-14-24)36-31(38-32)25-15-9-6-10-16-25/h5-22H,23H2,1-4H3. The first kappa shape index (κ1) is 25.2. The number of nitrogens with zero attached hydrogens (tertiary/aromatic N) is 3. The van der Waals surface area contributed by atoms with Gasteiger partial charge in [-0.15, -0.1) is 0 Å². The van der Waals surface area contributed by atoms with Crippen molar-refractivity contribution >= 4 is 12.4 Å². The predicted molar refractivity (Wildman–Crippen MR) is 161 cm³/mol. The first-order valence-electron chi connectivity index (χ1n) is 13.5. The molecule has 6 rings (SSSR count). The normalized spacial score (nSPS) is 15.8. The maximum absolute atomic E-state index is 6.52. The van der Waals surface area contributed by atoms with Crippen LogP contribution in [0.4, 0.5) is 0 Å². The van der Waals surface area contributed by atoms with Gasteiger partial charge in [-0.3, -0.25) is 0 Å². The molecule has 1 aliphatic heterocycles. The third kappa shape index (κ3) is 5.02. The predicted octanol–water partition coefficient (Wildman–Crippen LogP) is 7.57. The van der Waals surface area contributed by atoms with Crippen LogP contribution in [0.15, 0.2) is 109 Å². The van der Waals surface area contributed by atoms with Crippen molar-refractivity contribution in [3.63, 3.8) is 0 Å². The molecule has 39 heavy (non-hydrogen) atoms. The van der Waals surface area contributed by atoms with Crippen LogP contribution in [0.25, 0.3) is 45.3 Å². The maximum atomic E-state index is 6.52. The van der Waals surface area contributed by atoms with E-state index in [0.29, 0.717) is 17.5 Å². The fraction of sp³-hybridized carbons (Fsp3) is 0.206. The second kappa shape index (κ2) is 9.90. The average molecular weight is 509 g/mol. The Bertz CT molecular complexity index is 1540.